The summed E-state index contributed by atoms with van der Waals surface area (Å²) in [6, 6.07) is 7.41. The van der Waals surface area contributed by atoms with Crippen LogP contribution in [-0.2, 0) is 17.9 Å². The Bertz CT molecular complexity index is 666. The van der Waals surface area contributed by atoms with Crippen LogP contribution >= 0.6 is 11.3 Å². The van der Waals surface area contributed by atoms with Gasteiger partial charge in [-0.2, -0.15) is 0 Å². The number of aromatic nitrogens is 1. The maximum absolute atomic E-state index is 13.7. The molecular formula is C18H22FN3OS. The molecule has 4 nitrogen and oxygen atoms in total. The lowest BCUT2D eigenvalue weighted by atomic mass is 10.1. The predicted octanol–water partition coefficient (Wildman–Crippen LogP) is 2.76. The van der Waals surface area contributed by atoms with Crippen molar-refractivity contribution in [1.82, 2.24) is 14.8 Å². The summed E-state index contributed by atoms with van der Waals surface area (Å²) in [5, 5.41) is 3.22. The zero-order valence-electron chi connectivity index (χ0n) is 13.6. The quantitative estimate of drug-likeness (QED) is 0.832. The molecule has 2 aromatic rings. The Morgan fingerprint density at radius 2 is 2.17 bits per heavy atom. The number of hydrogen-bond donors (Lipinski definition) is 0. The monoisotopic (exact) mass is 347 g/mol. The van der Waals surface area contributed by atoms with E-state index >= 15 is 0 Å². The second-order valence-electron chi connectivity index (χ2n) is 6.57. The molecule has 2 aliphatic rings. The van der Waals surface area contributed by atoms with Gasteiger partial charge in [-0.3, -0.25) is 9.80 Å². The molecule has 2 fully saturated rings. The molecule has 0 unspecified atom stereocenters. The Kier molecular flexibility index (Phi) is 4.89. The van der Waals surface area contributed by atoms with Crippen molar-refractivity contribution in [2.24, 2.45) is 0 Å². The Hall–Kier alpha value is -1.34. The topological polar surface area (TPSA) is 28.6 Å². The van der Waals surface area contributed by atoms with Gasteiger partial charge in [-0.1, -0.05) is 18.2 Å². The molecule has 1 aromatic heterocycles. The molecule has 2 saturated heterocycles. The third-order valence-electron chi connectivity index (χ3n) is 4.94. The van der Waals surface area contributed by atoms with Gasteiger partial charge in [0.15, 0.2) is 0 Å². The van der Waals surface area contributed by atoms with Gasteiger partial charge in [-0.05, 0) is 12.5 Å². The highest BCUT2D eigenvalue weighted by Crippen LogP contribution is 2.26. The molecule has 24 heavy (non-hydrogen) atoms. The average Bonchev–Trinajstić information content (AvgIpc) is 3.23. The Morgan fingerprint density at radius 3 is 3.00 bits per heavy atom. The number of halogens is 1. The first-order chi connectivity index (χ1) is 11.8. The summed E-state index contributed by atoms with van der Waals surface area (Å²) in [5.74, 6) is -0.178. The van der Waals surface area contributed by atoms with Crippen LogP contribution in [0.25, 0.3) is 0 Å². The number of thiazole rings is 1. The molecule has 0 spiro atoms. The van der Waals surface area contributed by atoms with Crippen LogP contribution < -0.4 is 0 Å². The van der Waals surface area contributed by atoms with Crippen molar-refractivity contribution in [3.8, 4) is 0 Å². The first-order valence-electron chi connectivity index (χ1n) is 8.48. The number of fused-ring (bicyclic) bond motifs is 1. The van der Waals surface area contributed by atoms with Crippen molar-refractivity contribution in [3.63, 3.8) is 0 Å². The fraction of sp³-hybridized carbons (Fsp3) is 0.500. The van der Waals surface area contributed by atoms with Gasteiger partial charge >= 0.3 is 0 Å². The van der Waals surface area contributed by atoms with Crippen molar-refractivity contribution < 1.29 is 9.13 Å². The normalized spacial score (nSPS) is 25.0. The molecule has 0 saturated carbocycles. The first-order valence-corrected chi connectivity index (χ1v) is 9.35. The van der Waals surface area contributed by atoms with Crippen LogP contribution in [0.1, 0.15) is 17.0 Å². The van der Waals surface area contributed by atoms with Crippen LogP contribution in [0.4, 0.5) is 4.39 Å². The van der Waals surface area contributed by atoms with E-state index in [9.17, 15) is 4.39 Å². The van der Waals surface area contributed by atoms with Gasteiger partial charge in [0.1, 0.15) is 10.8 Å². The summed E-state index contributed by atoms with van der Waals surface area (Å²) in [6.45, 7) is 5.50. The smallest absolute Gasteiger partial charge is 0.128 e. The maximum atomic E-state index is 13.7. The van der Waals surface area contributed by atoms with Crippen molar-refractivity contribution >= 4 is 11.3 Å². The van der Waals surface area contributed by atoms with Gasteiger partial charge < -0.3 is 4.74 Å². The van der Waals surface area contributed by atoms with Gasteiger partial charge in [0.25, 0.3) is 0 Å². The molecule has 4 rings (SSSR count). The zero-order valence-corrected chi connectivity index (χ0v) is 14.4. The number of ether oxygens (including phenoxy) is 1. The summed E-state index contributed by atoms with van der Waals surface area (Å²) in [6.07, 6.45) is 3.11. The highest BCUT2D eigenvalue weighted by molar-refractivity contribution is 7.09. The van der Waals surface area contributed by atoms with Crippen LogP contribution in [0.2, 0.25) is 0 Å². The lowest BCUT2D eigenvalue weighted by molar-refractivity contribution is 0.0443. The van der Waals surface area contributed by atoms with Gasteiger partial charge in [-0.25, -0.2) is 9.37 Å². The highest BCUT2D eigenvalue weighted by Gasteiger charge is 2.36. The SMILES string of the molecule is Fc1ccccc1CO[C@@H]1C[C@H]2CN(Cc3nccs3)CCN2C1. The first kappa shape index (κ1) is 16.1. The van der Waals surface area contributed by atoms with Gasteiger partial charge in [-0.15, -0.1) is 11.3 Å². The van der Waals surface area contributed by atoms with E-state index in [1.54, 1.807) is 23.5 Å². The fourth-order valence-electron chi connectivity index (χ4n) is 3.67. The van der Waals surface area contributed by atoms with Crippen molar-refractivity contribution in [3.05, 3.63) is 52.2 Å². The minimum Gasteiger partial charge on any atom is -0.372 e. The third-order valence-corrected chi connectivity index (χ3v) is 5.70. The number of nitrogens with zero attached hydrogens (tertiary/aromatic N) is 3. The Morgan fingerprint density at radius 1 is 1.25 bits per heavy atom. The maximum Gasteiger partial charge on any atom is 0.128 e. The van der Waals surface area contributed by atoms with Gasteiger partial charge in [0.05, 0.1) is 19.3 Å². The number of hydrogen-bond acceptors (Lipinski definition) is 5. The van der Waals surface area contributed by atoms with Gasteiger partial charge in [0.2, 0.25) is 0 Å². The highest BCUT2D eigenvalue weighted by atomic mass is 32.1. The molecule has 1 aromatic carbocycles. The summed E-state index contributed by atoms with van der Waals surface area (Å²) in [7, 11) is 0. The number of piperazine rings is 1. The summed E-state index contributed by atoms with van der Waals surface area (Å²) >= 11 is 1.72. The fourth-order valence-corrected chi connectivity index (χ4v) is 4.33. The van der Waals surface area contributed by atoms with E-state index in [0.29, 0.717) is 18.2 Å². The van der Waals surface area contributed by atoms with Crippen molar-refractivity contribution in [2.45, 2.75) is 31.7 Å². The Labute approximate surface area is 145 Å². The minimum atomic E-state index is -0.178. The van der Waals surface area contributed by atoms with Crippen LogP contribution in [0.15, 0.2) is 35.8 Å². The van der Waals surface area contributed by atoms with E-state index in [2.05, 4.69) is 14.8 Å². The minimum absolute atomic E-state index is 0.178. The summed E-state index contributed by atoms with van der Waals surface area (Å²) < 4.78 is 19.7. The summed E-state index contributed by atoms with van der Waals surface area (Å²) in [5.41, 5.74) is 0.646. The molecule has 0 amide bonds. The largest absolute Gasteiger partial charge is 0.372 e. The molecular weight excluding hydrogens is 325 g/mol. The van der Waals surface area contributed by atoms with E-state index in [1.165, 1.54) is 11.1 Å². The molecule has 2 atom stereocenters. The number of benzene rings is 1. The Balaban J connectivity index is 1.29. The van der Waals surface area contributed by atoms with Crippen LogP contribution in [0, 0.1) is 5.82 Å². The van der Waals surface area contributed by atoms with Crippen LogP contribution in [-0.4, -0.2) is 53.1 Å². The van der Waals surface area contributed by atoms with E-state index in [1.807, 2.05) is 17.6 Å². The molecule has 0 N–H and O–H groups in total. The molecule has 0 radical (unpaired) electrons. The molecule has 0 aliphatic carbocycles. The van der Waals surface area contributed by atoms with E-state index in [4.69, 9.17) is 4.74 Å². The molecule has 2 aliphatic heterocycles. The van der Waals surface area contributed by atoms with E-state index in [0.717, 1.165) is 39.1 Å². The lowest BCUT2D eigenvalue weighted by Gasteiger charge is -2.36. The number of rotatable bonds is 5. The van der Waals surface area contributed by atoms with Crippen molar-refractivity contribution in [1.29, 1.82) is 0 Å². The standard InChI is InChI=1S/C18H22FN3OS/c19-17-4-2-1-3-14(17)13-23-16-9-15-10-21(6-7-22(15)11-16)12-18-20-5-8-24-18/h1-5,8,15-16H,6-7,9-13H2/t15-,16+/m0/s1. The van der Waals surface area contributed by atoms with Crippen molar-refractivity contribution in [2.75, 3.05) is 26.2 Å². The second-order valence-corrected chi connectivity index (χ2v) is 7.55. The van der Waals surface area contributed by atoms with E-state index in [-0.39, 0.29) is 11.9 Å². The molecule has 128 valence electrons. The van der Waals surface area contributed by atoms with Crippen LogP contribution in [0.3, 0.4) is 0 Å². The van der Waals surface area contributed by atoms with E-state index < -0.39 is 0 Å². The second kappa shape index (κ2) is 7.27. The molecule has 0 bridgehead atoms. The third kappa shape index (κ3) is 3.67. The zero-order chi connectivity index (χ0) is 16.4. The molecule has 3 heterocycles. The predicted molar refractivity (Wildman–Crippen MR) is 92.3 cm³/mol. The molecule has 6 heteroatoms. The average molecular weight is 347 g/mol. The van der Waals surface area contributed by atoms with Crippen LogP contribution in [0.5, 0.6) is 0 Å². The summed E-state index contributed by atoms with van der Waals surface area (Å²) in [4.78, 5) is 9.39. The van der Waals surface area contributed by atoms with Gasteiger partial charge in [0, 0.05) is 49.4 Å². The lowest BCUT2D eigenvalue weighted by Crippen LogP contribution is -2.49.